The molecule has 0 spiro atoms. The monoisotopic (exact) mass is 323 g/mol. The van der Waals surface area contributed by atoms with Crippen LogP contribution in [-0.4, -0.2) is 31.4 Å². The van der Waals surface area contributed by atoms with Crippen molar-refractivity contribution in [1.29, 1.82) is 0 Å². The van der Waals surface area contributed by atoms with Crippen molar-refractivity contribution in [1.82, 2.24) is 0 Å². The Morgan fingerprint density at radius 2 is 1.92 bits per heavy atom. The van der Waals surface area contributed by atoms with Crippen LogP contribution in [0.1, 0.15) is 30.0 Å². The maximum Gasteiger partial charge on any atom is 0.307 e. The Morgan fingerprint density at radius 3 is 2.62 bits per heavy atom. The average molecular weight is 323 g/mol. The molecule has 4 nitrogen and oxygen atoms in total. The van der Waals surface area contributed by atoms with Crippen LogP contribution in [0.4, 0.5) is 0 Å². The number of benzene rings is 2. The molecule has 1 unspecified atom stereocenters. The molecule has 0 fully saturated rings. The Hall–Kier alpha value is -2.62. The molecule has 0 bridgehead atoms. The molecule has 1 aliphatic heterocycles. The van der Waals surface area contributed by atoms with Crippen LogP contribution in [0.2, 0.25) is 0 Å². The van der Waals surface area contributed by atoms with E-state index in [0.29, 0.717) is 13.0 Å². The number of aliphatic imine (C=N–C) groups is 1. The lowest BCUT2D eigenvalue weighted by molar-refractivity contribution is -0.143. The van der Waals surface area contributed by atoms with Gasteiger partial charge >= 0.3 is 5.97 Å². The van der Waals surface area contributed by atoms with Gasteiger partial charge in [0.15, 0.2) is 0 Å². The second-order valence-corrected chi connectivity index (χ2v) is 5.73. The second kappa shape index (κ2) is 7.30. The molecule has 3 rings (SSSR count). The van der Waals surface area contributed by atoms with Crippen molar-refractivity contribution in [2.45, 2.75) is 25.8 Å². The van der Waals surface area contributed by atoms with E-state index in [4.69, 9.17) is 14.5 Å². The van der Waals surface area contributed by atoms with E-state index in [2.05, 4.69) is 12.1 Å². The highest BCUT2D eigenvalue weighted by Gasteiger charge is 2.24. The van der Waals surface area contributed by atoms with Gasteiger partial charge in [-0.25, -0.2) is 0 Å². The van der Waals surface area contributed by atoms with Crippen molar-refractivity contribution >= 4 is 11.7 Å². The van der Waals surface area contributed by atoms with E-state index in [1.165, 1.54) is 5.56 Å². The van der Waals surface area contributed by atoms with Gasteiger partial charge in [-0.3, -0.25) is 9.79 Å². The molecule has 0 saturated heterocycles. The molecule has 1 atom stereocenters. The van der Waals surface area contributed by atoms with Crippen molar-refractivity contribution in [3.63, 3.8) is 0 Å². The Bertz CT molecular complexity index is 750. The number of methoxy groups -OCH3 is 1. The van der Waals surface area contributed by atoms with Crippen LogP contribution in [0.25, 0.3) is 0 Å². The Kier molecular flexibility index (Phi) is 4.94. The number of esters is 1. The predicted molar refractivity (Wildman–Crippen MR) is 93.8 cm³/mol. The van der Waals surface area contributed by atoms with Crippen molar-refractivity contribution in [3.05, 3.63) is 65.2 Å². The summed E-state index contributed by atoms with van der Waals surface area (Å²) in [5, 5.41) is 0. The first kappa shape index (κ1) is 16.2. The van der Waals surface area contributed by atoms with Crippen LogP contribution in [-0.2, 0) is 16.0 Å². The highest BCUT2D eigenvalue weighted by Crippen LogP contribution is 2.26. The summed E-state index contributed by atoms with van der Waals surface area (Å²) in [6.07, 6.45) is 1.07. The maximum atomic E-state index is 11.8. The molecule has 0 aromatic heterocycles. The average Bonchev–Trinajstić information content (AvgIpc) is 2.61. The highest BCUT2D eigenvalue weighted by atomic mass is 16.5. The molecule has 1 aliphatic rings. The highest BCUT2D eigenvalue weighted by molar-refractivity contribution is 6.14. The van der Waals surface area contributed by atoms with E-state index >= 15 is 0 Å². The van der Waals surface area contributed by atoms with Gasteiger partial charge in [0.2, 0.25) is 0 Å². The van der Waals surface area contributed by atoms with Crippen LogP contribution in [0.5, 0.6) is 5.75 Å². The third-order valence-corrected chi connectivity index (χ3v) is 4.11. The fourth-order valence-electron chi connectivity index (χ4n) is 2.99. The van der Waals surface area contributed by atoms with Gasteiger partial charge in [0.05, 0.1) is 31.9 Å². The van der Waals surface area contributed by atoms with Crippen LogP contribution >= 0.6 is 0 Å². The molecule has 24 heavy (non-hydrogen) atoms. The number of hydrogen-bond donors (Lipinski definition) is 0. The van der Waals surface area contributed by atoms with Crippen molar-refractivity contribution in [2.75, 3.05) is 13.7 Å². The summed E-state index contributed by atoms with van der Waals surface area (Å²) in [7, 11) is 1.65. The summed E-state index contributed by atoms with van der Waals surface area (Å²) in [4.78, 5) is 16.7. The second-order valence-electron chi connectivity index (χ2n) is 5.73. The first-order chi connectivity index (χ1) is 11.7. The zero-order chi connectivity index (χ0) is 16.9. The molecule has 0 saturated carbocycles. The van der Waals surface area contributed by atoms with Crippen LogP contribution in [0, 0.1) is 0 Å². The summed E-state index contributed by atoms with van der Waals surface area (Å²) in [6, 6.07) is 16.0. The molecule has 2 aromatic rings. The van der Waals surface area contributed by atoms with Crippen molar-refractivity contribution in [2.24, 2.45) is 4.99 Å². The molecule has 0 N–H and O–H groups in total. The third-order valence-electron chi connectivity index (χ3n) is 4.11. The van der Waals surface area contributed by atoms with Gasteiger partial charge in [-0.1, -0.05) is 24.3 Å². The summed E-state index contributed by atoms with van der Waals surface area (Å²) in [5.41, 5.74) is 4.29. The fraction of sp³-hybridized carbons (Fsp3) is 0.300. The number of nitrogens with zero attached hydrogens (tertiary/aromatic N) is 1. The largest absolute Gasteiger partial charge is 0.497 e. The van der Waals surface area contributed by atoms with E-state index in [1.807, 2.05) is 43.3 Å². The summed E-state index contributed by atoms with van der Waals surface area (Å²) in [6.45, 7) is 2.22. The van der Waals surface area contributed by atoms with Crippen LogP contribution in [0.15, 0.2) is 53.5 Å². The number of carbonyl (C=O) groups is 1. The van der Waals surface area contributed by atoms with Gasteiger partial charge in [-0.2, -0.15) is 0 Å². The van der Waals surface area contributed by atoms with Gasteiger partial charge in [0.1, 0.15) is 5.75 Å². The first-order valence-electron chi connectivity index (χ1n) is 8.17. The van der Waals surface area contributed by atoms with Gasteiger partial charge < -0.3 is 9.47 Å². The Balaban J connectivity index is 1.95. The Labute approximate surface area is 142 Å². The first-order valence-corrected chi connectivity index (χ1v) is 8.17. The standard InChI is InChI=1S/C20H21NO3/c1-3-24-19(22)13-16-12-15-6-4-5-7-18(15)20(21-16)14-8-10-17(23-2)11-9-14/h4-11,16H,3,12-13H2,1-2H3. The molecule has 124 valence electrons. The SMILES string of the molecule is CCOC(=O)CC1Cc2ccccc2C(c2ccc(OC)cc2)=N1. The molecule has 0 amide bonds. The van der Waals surface area contributed by atoms with Crippen LogP contribution < -0.4 is 4.74 Å². The zero-order valence-corrected chi connectivity index (χ0v) is 14.0. The lowest BCUT2D eigenvalue weighted by atomic mass is 9.89. The minimum absolute atomic E-state index is 0.0870. The normalized spacial score (nSPS) is 16.1. The predicted octanol–water partition coefficient (Wildman–Crippen LogP) is 3.41. The lowest BCUT2D eigenvalue weighted by Gasteiger charge is -2.23. The maximum absolute atomic E-state index is 11.8. The number of rotatable bonds is 5. The van der Waals surface area contributed by atoms with E-state index in [-0.39, 0.29) is 12.0 Å². The van der Waals surface area contributed by atoms with E-state index in [9.17, 15) is 4.79 Å². The minimum atomic E-state index is -0.195. The lowest BCUT2D eigenvalue weighted by Crippen LogP contribution is -2.25. The number of hydrogen-bond acceptors (Lipinski definition) is 4. The quantitative estimate of drug-likeness (QED) is 0.792. The van der Waals surface area contributed by atoms with Crippen molar-refractivity contribution in [3.8, 4) is 5.75 Å². The number of carbonyl (C=O) groups excluding carboxylic acids is 1. The molecule has 1 heterocycles. The summed E-state index contributed by atoms with van der Waals surface area (Å²) >= 11 is 0. The zero-order valence-electron chi connectivity index (χ0n) is 14.0. The molecule has 0 radical (unpaired) electrons. The summed E-state index contributed by atoms with van der Waals surface area (Å²) < 4.78 is 10.3. The van der Waals surface area contributed by atoms with E-state index < -0.39 is 0 Å². The van der Waals surface area contributed by atoms with E-state index in [1.54, 1.807) is 7.11 Å². The molecule has 0 aliphatic carbocycles. The van der Waals surface area contributed by atoms with Crippen molar-refractivity contribution < 1.29 is 14.3 Å². The number of ether oxygens (including phenoxy) is 2. The van der Waals surface area contributed by atoms with E-state index in [0.717, 1.165) is 29.0 Å². The molecule has 2 aromatic carbocycles. The third kappa shape index (κ3) is 3.48. The summed E-state index contributed by atoms with van der Waals surface area (Å²) in [5.74, 6) is 0.617. The van der Waals surface area contributed by atoms with Crippen LogP contribution in [0.3, 0.4) is 0 Å². The number of fused-ring (bicyclic) bond motifs is 1. The Morgan fingerprint density at radius 1 is 1.17 bits per heavy atom. The molecular formula is C20H21NO3. The smallest absolute Gasteiger partial charge is 0.307 e. The fourth-order valence-corrected chi connectivity index (χ4v) is 2.99. The van der Waals surface area contributed by atoms with Gasteiger partial charge in [0, 0.05) is 11.1 Å². The molecule has 4 heteroatoms. The topological polar surface area (TPSA) is 47.9 Å². The van der Waals surface area contributed by atoms with Gasteiger partial charge in [0.25, 0.3) is 0 Å². The molecular weight excluding hydrogens is 302 g/mol. The minimum Gasteiger partial charge on any atom is -0.497 e. The van der Waals surface area contributed by atoms with Gasteiger partial charge in [-0.05, 0) is 43.2 Å². The van der Waals surface area contributed by atoms with Gasteiger partial charge in [-0.15, -0.1) is 0 Å².